The van der Waals surface area contributed by atoms with E-state index in [0.29, 0.717) is 18.8 Å². The smallest absolute Gasteiger partial charge is 0.222 e. The predicted octanol–water partition coefficient (Wildman–Crippen LogP) is 3.11. The number of likely N-dealkylation sites (tertiary alicyclic amines) is 1. The standard InChI is InChI=1S/C19H23F2N3O/c1-23-16(6-9-22-23)3-5-19(25)24-10-7-14(8-11-24)12-15-2-4-17(20)18(21)13-15/h2,4,6,9,13-14H,3,5,7-8,10-12H2,1H3. The van der Waals surface area contributed by atoms with E-state index in [0.717, 1.165) is 43.6 Å². The minimum absolute atomic E-state index is 0.174. The minimum Gasteiger partial charge on any atom is -0.343 e. The van der Waals surface area contributed by atoms with Gasteiger partial charge in [-0.15, -0.1) is 0 Å². The van der Waals surface area contributed by atoms with Gasteiger partial charge in [0.1, 0.15) is 0 Å². The summed E-state index contributed by atoms with van der Waals surface area (Å²) >= 11 is 0. The van der Waals surface area contributed by atoms with Crippen molar-refractivity contribution in [3.63, 3.8) is 0 Å². The summed E-state index contributed by atoms with van der Waals surface area (Å²) in [7, 11) is 1.88. The SMILES string of the molecule is Cn1nccc1CCC(=O)N1CCC(Cc2ccc(F)c(F)c2)CC1. The maximum Gasteiger partial charge on any atom is 0.222 e. The van der Waals surface area contributed by atoms with Crippen molar-refractivity contribution < 1.29 is 13.6 Å². The number of rotatable bonds is 5. The Bertz CT molecular complexity index is 736. The van der Waals surface area contributed by atoms with Crippen LogP contribution in [-0.4, -0.2) is 33.7 Å². The van der Waals surface area contributed by atoms with E-state index in [1.54, 1.807) is 16.9 Å². The molecule has 0 atom stereocenters. The van der Waals surface area contributed by atoms with Crippen LogP contribution in [0.3, 0.4) is 0 Å². The number of piperidine rings is 1. The van der Waals surface area contributed by atoms with Gasteiger partial charge in [0, 0.05) is 38.4 Å². The first-order valence-electron chi connectivity index (χ1n) is 8.71. The number of benzene rings is 1. The van der Waals surface area contributed by atoms with Crippen LogP contribution in [0.4, 0.5) is 8.78 Å². The van der Waals surface area contributed by atoms with Crippen molar-refractivity contribution in [1.29, 1.82) is 0 Å². The van der Waals surface area contributed by atoms with Crippen LogP contribution >= 0.6 is 0 Å². The highest BCUT2D eigenvalue weighted by atomic mass is 19.2. The number of hydrogen-bond donors (Lipinski definition) is 0. The van der Waals surface area contributed by atoms with E-state index < -0.39 is 11.6 Å². The van der Waals surface area contributed by atoms with Gasteiger partial charge in [-0.3, -0.25) is 9.48 Å². The molecule has 25 heavy (non-hydrogen) atoms. The highest BCUT2D eigenvalue weighted by Gasteiger charge is 2.23. The van der Waals surface area contributed by atoms with Crippen LogP contribution in [0.25, 0.3) is 0 Å². The Morgan fingerprint density at radius 3 is 2.60 bits per heavy atom. The lowest BCUT2D eigenvalue weighted by Crippen LogP contribution is -2.39. The Morgan fingerprint density at radius 1 is 1.20 bits per heavy atom. The number of carbonyl (C=O) groups is 1. The second-order valence-electron chi connectivity index (χ2n) is 6.72. The molecule has 2 heterocycles. The van der Waals surface area contributed by atoms with Crippen LogP contribution in [0.5, 0.6) is 0 Å². The average Bonchev–Trinajstić information content (AvgIpc) is 3.02. The molecule has 0 unspecified atom stereocenters. The first kappa shape index (κ1) is 17.6. The fourth-order valence-electron chi connectivity index (χ4n) is 3.43. The zero-order chi connectivity index (χ0) is 17.8. The quantitative estimate of drug-likeness (QED) is 0.833. The van der Waals surface area contributed by atoms with Crippen molar-refractivity contribution >= 4 is 5.91 Å². The number of carbonyl (C=O) groups excluding carboxylic acids is 1. The van der Waals surface area contributed by atoms with Gasteiger partial charge < -0.3 is 4.90 Å². The largest absolute Gasteiger partial charge is 0.343 e. The number of aromatic nitrogens is 2. The molecule has 134 valence electrons. The molecule has 2 aromatic rings. The molecule has 3 rings (SSSR count). The summed E-state index contributed by atoms with van der Waals surface area (Å²) in [5.74, 6) is -1.02. The fourth-order valence-corrected chi connectivity index (χ4v) is 3.43. The van der Waals surface area contributed by atoms with Gasteiger partial charge in [-0.05, 0) is 55.4 Å². The van der Waals surface area contributed by atoms with Crippen molar-refractivity contribution in [2.24, 2.45) is 13.0 Å². The Kier molecular flexibility index (Phi) is 5.46. The van der Waals surface area contributed by atoms with Gasteiger partial charge >= 0.3 is 0 Å². The summed E-state index contributed by atoms with van der Waals surface area (Å²) in [4.78, 5) is 14.3. The molecule has 1 saturated heterocycles. The molecule has 0 saturated carbocycles. The number of nitrogens with zero attached hydrogens (tertiary/aromatic N) is 3. The third-order valence-electron chi connectivity index (χ3n) is 4.99. The van der Waals surface area contributed by atoms with Gasteiger partial charge in [0.25, 0.3) is 0 Å². The molecule has 0 aliphatic carbocycles. The Morgan fingerprint density at radius 2 is 1.96 bits per heavy atom. The number of halogens is 2. The number of amides is 1. The van der Waals surface area contributed by atoms with E-state index >= 15 is 0 Å². The lowest BCUT2D eigenvalue weighted by atomic mass is 9.90. The van der Waals surface area contributed by atoms with Gasteiger partial charge in [0.05, 0.1) is 0 Å². The summed E-state index contributed by atoms with van der Waals surface area (Å²) in [5.41, 5.74) is 1.88. The lowest BCUT2D eigenvalue weighted by molar-refractivity contribution is -0.132. The van der Waals surface area contributed by atoms with Crippen LogP contribution in [0, 0.1) is 17.6 Å². The van der Waals surface area contributed by atoms with Crippen molar-refractivity contribution in [3.8, 4) is 0 Å². The third kappa shape index (κ3) is 4.44. The molecule has 0 spiro atoms. The van der Waals surface area contributed by atoms with E-state index in [4.69, 9.17) is 0 Å². The van der Waals surface area contributed by atoms with Crippen molar-refractivity contribution in [3.05, 3.63) is 53.4 Å². The normalized spacial score (nSPS) is 15.6. The highest BCUT2D eigenvalue weighted by molar-refractivity contribution is 5.76. The molecule has 0 N–H and O–H groups in total. The topological polar surface area (TPSA) is 38.1 Å². The molecule has 1 aromatic heterocycles. The summed E-state index contributed by atoms with van der Waals surface area (Å²) in [6.07, 6.45) is 5.46. The average molecular weight is 347 g/mol. The molecule has 4 nitrogen and oxygen atoms in total. The van der Waals surface area contributed by atoms with Gasteiger partial charge in [-0.2, -0.15) is 5.10 Å². The first-order valence-corrected chi connectivity index (χ1v) is 8.71. The van der Waals surface area contributed by atoms with E-state index in [9.17, 15) is 13.6 Å². The van der Waals surface area contributed by atoms with Crippen molar-refractivity contribution in [2.45, 2.75) is 32.1 Å². The first-order chi connectivity index (χ1) is 12.0. The highest BCUT2D eigenvalue weighted by Crippen LogP contribution is 2.23. The van der Waals surface area contributed by atoms with Crippen LogP contribution < -0.4 is 0 Å². The molecule has 6 heteroatoms. The molecular formula is C19H23F2N3O. The molecule has 1 aromatic carbocycles. The van der Waals surface area contributed by atoms with E-state index in [-0.39, 0.29) is 5.91 Å². The molecule has 0 radical (unpaired) electrons. The molecule has 1 aliphatic heterocycles. The van der Waals surface area contributed by atoms with Gasteiger partial charge in [-0.25, -0.2) is 8.78 Å². The number of aryl methyl sites for hydroxylation is 2. The molecule has 0 bridgehead atoms. The van der Waals surface area contributed by atoms with E-state index in [2.05, 4.69) is 5.10 Å². The molecule has 1 aliphatic rings. The van der Waals surface area contributed by atoms with E-state index in [1.165, 1.54) is 12.1 Å². The lowest BCUT2D eigenvalue weighted by Gasteiger charge is -2.32. The van der Waals surface area contributed by atoms with E-state index in [1.807, 2.05) is 18.0 Å². The Labute approximate surface area is 146 Å². The molecular weight excluding hydrogens is 324 g/mol. The zero-order valence-corrected chi connectivity index (χ0v) is 14.4. The molecule has 1 amide bonds. The van der Waals surface area contributed by atoms with Crippen LogP contribution in [0.1, 0.15) is 30.5 Å². The van der Waals surface area contributed by atoms with Crippen LogP contribution in [0.15, 0.2) is 30.5 Å². The van der Waals surface area contributed by atoms with Crippen molar-refractivity contribution in [1.82, 2.24) is 14.7 Å². The maximum absolute atomic E-state index is 13.3. The Balaban J connectivity index is 1.45. The zero-order valence-electron chi connectivity index (χ0n) is 14.4. The Hall–Kier alpha value is -2.24. The summed E-state index contributed by atoms with van der Waals surface area (Å²) < 4.78 is 28.1. The minimum atomic E-state index is -0.808. The summed E-state index contributed by atoms with van der Waals surface area (Å²) in [5, 5.41) is 4.11. The fraction of sp³-hybridized carbons (Fsp3) is 0.474. The third-order valence-corrected chi connectivity index (χ3v) is 4.99. The van der Waals surface area contributed by atoms with Crippen molar-refractivity contribution in [2.75, 3.05) is 13.1 Å². The van der Waals surface area contributed by atoms with Gasteiger partial charge in [0.15, 0.2) is 11.6 Å². The van der Waals surface area contributed by atoms with Gasteiger partial charge in [-0.1, -0.05) is 6.07 Å². The van der Waals surface area contributed by atoms with Crippen LogP contribution in [-0.2, 0) is 24.7 Å². The summed E-state index contributed by atoms with van der Waals surface area (Å²) in [6, 6.07) is 6.04. The number of hydrogen-bond acceptors (Lipinski definition) is 2. The maximum atomic E-state index is 13.3. The summed E-state index contributed by atoms with van der Waals surface area (Å²) in [6.45, 7) is 1.47. The second kappa shape index (κ2) is 7.76. The monoisotopic (exact) mass is 347 g/mol. The van der Waals surface area contributed by atoms with Gasteiger partial charge in [0.2, 0.25) is 5.91 Å². The molecule has 1 fully saturated rings. The predicted molar refractivity (Wildman–Crippen MR) is 90.9 cm³/mol. The second-order valence-corrected chi connectivity index (χ2v) is 6.72. The van der Waals surface area contributed by atoms with Crippen LogP contribution in [0.2, 0.25) is 0 Å².